The van der Waals surface area contributed by atoms with Crippen LogP contribution in [0.5, 0.6) is 5.75 Å². The zero-order valence-corrected chi connectivity index (χ0v) is 21.9. The van der Waals surface area contributed by atoms with Crippen molar-refractivity contribution < 1.29 is 18.7 Å². The first-order valence-corrected chi connectivity index (χ1v) is 13.7. The van der Waals surface area contributed by atoms with Crippen molar-refractivity contribution in [2.24, 2.45) is 5.92 Å². The lowest BCUT2D eigenvalue weighted by Gasteiger charge is -2.30. The summed E-state index contributed by atoms with van der Waals surface area (Å²) in [5, 5.41) is 3.98. The minimum absolute atomic E-state index is 0.0627. The predicted molar refractivity (Wildman–Crippen MR) is 149 cm³/mol. The van der Waals surface area contributed by atoms with Gasteiger partial charge in [0, 0.05) is 28.7 Å². The Balaban J connectivity index is 1.43. The molecule has 0 spiro atoms. The van der Waals surface area contributed by atoms with Gasteiger partial charge in [0.2, 0.25) is 0 Å². The zero-order valence-electron chi connectivity index (χ0n) is 21.9. The molecule has 4 aromatic rings. The second-order valence-corrected chi connectivity index (χ2v) is 10.4. The molecule has 0 bridgehead atoms. The number of hydrogen-bond donors (Lipinski definition) is 1. The molecule has 1 N–H and O–H groups in total. The second-order valence-electron chi connectivity index (χ2n) is 10.4. The molecule has 0 radical (unpaired) electrons. The summed E-state index contributed by atoms with van der Waals surface area (Å²) >= 11 is 0. The third kappa shape index (κ3) is 4.75. The molecule has 1 atom stereocenters. The summed E-state index contributed by atoms with van der Waals surface area (Å²) in [4.78, 5) is 12.4. The number of rotatable bonds is 8. The number of aromatic nitrogens is 1. The van der Waals surface area contributed by atoms with Crippen LogP contribution < -0.4 is 10.1 Å². The number of fused-ring (bicyclic) bond motifs is 1. The van der Waals surface area contributed by atoms with Crippen LogP contribution in [-0.4, -0.2) is 23.4 Å². The van der Waals surface area contributed by atoms with Crippen molar-refractivity contribution in [3.63, 3.8) is 0 Å². The minimum Gasteiger partial charge on any atom is -0.494 e. The average Bonchev–Trinajstić information content (AvgIpc) is 3.68. The highest BCUT2D eigenvalue weighted by Crippen LogP contribution is 2.47. The first-order chi connectivity index (χ1) is 18.5. The summed E-state index contributed by atoms with van der Waals surface area (Å²) in [6.45, 7) is 4.54. The normalized spacial score (nSPS) is 16.2. The molecule has 3 aromatic carbocycles. The van der Waals surface area contributed by atoms with Crippen LogP contribution in [0.15, 0.2) is 66.7 Å². The number of nitrogens with zero attached hydrogens (tertiary/aromatic N) is 1. The maximum atomic E-state index is 13.9. The molecule has 1 aromatic heterocycles. The molecule has 6 rings (SSSR count). The quantitative estimate of drug-likeness (QED) is 0.257. The Morgan fingerprint density at radius 3 is 2.34 bits per heavy atom. The van der Waals surface area contributed by atoms with Crippen LogP contribution in [0.3, 0.4) is 0 Å². The molecule has 2 aliphatic rings. The highest BCUT2D eigenvalue weighted by atomic mass is 19.1. The molecule has 2 fully saturated rings. The van der Waals surface area contributed by atoms with Gasteiger partial charge in [0.1, 0.15) is 17.7 Å². The number of benzene rings is 3. The molecule has 6 heteroatoms. The lowest BCUT2D eigenvalue weighted by molar-refractivity contribution is 0.108. The van der Waals surface area contributed by atoms with Gasteiger partial charge in [0.05, 0.1) is 17.8 Å². The van der Waals surface area contributed by atoms with Crippen LogP contribution in [-0.2, 0) is 4.74 Å². The fraction of sp³-hybridized carbons (Fsp3) is 0.344. The SMILES string of the molecule is CCOc1ccc2c(-c3ccc(F)cc3)c(-c3ccc(NC(=O)OC(C)C4CC4)cc3)n(C3CCC3)c2c1. The van der Waals surface area contributed by atoms with Gasteiger partial charge < -0.3 is 14.0 Å². The molecule has 5 nitrogen and oxygen atoms in total. The van der Waals surface area contributed by atoms with Crippen molar-refractivity contribution in [3.8, 4) is 28.1 Å². The Morgan fingerprint density at radius 2 is 1.71 bits per heavy atom. The summed E-state index contributed by atoms with van der Waals surface area (Å²) in [5.74, 6) is 1.08. The summed E-state index contributed by atoms with van der Waals surface area (Å²) in [5.41, 5.74) is 5.99. The van der Waals surface area contributed by atoms with E-state index in [0.717, 1.165) is 64.7 Å². The molecule has 0 aliphatic heterocycles. The highest BCUT2D eigenvalue weighted by molar-refractivity contribution is 6.05. The minimum atomic E-state index is -0.420. The van der Waals surface area contributed by atoms with Crippen molar-refractivity contribution in [1.82, 2.24) is 4.57 Å². The first kappa shape index (κ1) is 24.5. The van der Waals surface area contributed by atoms with Gasteiger partial charge in [-0.3, -0.25) is 5.32 Å². The van der Waals surface area contributed by atoms with Gasteiger partial charge in [0.25, 0.3) is 0 Å². The van der Waals surface area contributed by atoms with E-state index in [1.54, 1.807) is 0 Å². The van der Waals surface area contributed by atoms with Crippen LogP contribution in [0.1, 0.15) is 52.0 Å². The van der Waals surface area contributed by atoms with Gasteiger partial charge in [-0.2, -0.15) is 0 Å². The van der Waals surface area contributed by atoms with E-state index in [2.05, 4.69) is 22.0 Å². The largest absolute Gasteiger partial charge is 0.494 e. The molecule has 1 unspecified atom stereocenters. The van der Waals surface area contributed by atoms with E-state index in [1.165, 1.54) is 18.6 Å². The highest BCUT2D eigenvalue weighted by Gasteiger charge is 2.31. The van der Waals surface area contributed by atoms with E-state index in [9.17, 15) is 9.18 Å². The summed E-state index contributed by atoms with van der Waals surface area (Å²) in [6.07, 6.45) is 5.20. The fourth-order valence-electron chi connectivity index (χ4n) is 5.45. The van der Waals surface area contributed by atoms with Gasteiger partial charge in [-0.25, -0.2) is 9.18 Å². The van der Waals surface area contributed by atoms with E-state index < -0.39 is 6.09 Å². The molecular weight excluding hydrogens is 479 g/mol. The second kappa shape index (κ2) is 10.2. The zero-order chi connectivity index (χ0) is 26.2. The number of anilines is 1. The number of hydrogen-bond acceptors (Lipinski definition) is 3. The third-order valence-electron chi connectivity index (χ3n) is 7.84. The van der Waals surface area contributed by atoms with Gasteiger partial charge in [-0.15, -0.1) is 0 Å². The van der Waals surface area contributed by atoms with Crippen LogP contribution in [0.4, 0.5) is 14.9 Å². The van der Waals surface area contributed by atoms with Crippen LogP contribution in [0.25, 0.3) is 33.3 Å². The van der Waals surface area contributed by atoms with Crippen molar-refractivity contribution in [2.75, 3.05) is 11.9 Å². The van der Waals surface area contributed by atoms with Crippen molar-refractivity contribution in [2.45, 2.75) is 58.1 Å². The standard InChI is InChI=1S/C32H33FN2O3/c1-3-37-27-17-18-28-29(19-27)35(26-5-4-6-26)31(30(28)22-9-13-24(33)14-10-22)23-11-15-25(16-12-23)34-32(36)38-20(2)21-7-8-21/h9-21,26H,3-8H2,1-2H3,(H,34,36). The summed E-state index contributed by atoms with van der Waals surface area (Å²) < 4.78 is 27.7. The lowest BCUT2D eigenvalue weighted by atomic mass is 9.91. The molecule has 1 amide bonds. The van der Waals surface area contributed by atoms with E-state index in [4.69, 9.17) is 9.47 Å². The maximum absolute atomic E-state index is 13.9. The van der Waals surface area contributed by atoms with Crippen LogP contribution >= 0.6 is 0 Å². The molecule has 38 heavy (non-hydrogen) atoms. The molecule has 2 saturated carbocycles. The molecule has 2 aliphatic carbocycles. The summed E-state index contributed by atoms with van der Waals surface area (Å²) in [6, 6.07) is 21.3. The van der Waals surface area contributed by atoms with E-state index >= 15 is 0 Å². The average molecular weight is 513 g/mol. The third-order valence-corrected chi connectivity index (χ3v) is 7.84. The van der Waals surface area contributed by atoms with Gasteiger partial charge >= 0.3 is 6.09 Å². The van der Waals surface area contributed by atoms with Crippen LogP contribution in [0, 0.1) is 11.7 Å². The van der Waals surface area contributed by atoms with E-state index in [0.29, 0.717) is 24.3 Å². The smallest absolute Gasteiger partial charge is 0.411 e. The Labute approximate surface area is 222 Å². The Kier molecular flexibility index (Phi) is 6.56. The number of carbonyl (C=O) groups excluding carboxylic acids is 1. The van der Waals surface area contributed by atoms with Crippen LogP contribution in [0.2, 0.25) is 0 Å². The Bertz CT molecular complexity index is 1450. The van der Waals surface area contributed by atoms with Crippen molar-refractivity contribution in [3.05, 3.63) is 72.5 Å². The van der Waals surface area contributed by atoms with Crippen molar-refractivity contribution >= 4 is 22.7 Å². The van der Waals surface area contributed by atoms with Gasteiger partial charge in [-0.1, -0.05) is 24.3 Å². The topological polar surface area (TPSA) is 52.5 Å². The van der Waals surface area contributed by atoms with E-state index in [-0.39, 0.29) is 11.9 Å². The Hall–Kier alpha value is -3.80. The van der Waals surface area contributed by atoms with Crippen molar-refractivity contribution in [1.29, 1.82) is 0 Å². The lowest BCUT2D eigenvalue weighted by Crippen LogP contribution is -2.21. The van der Waals surface area contributed by atoms with Gasteiger partial charge in [-0.05, 0) is 99.4 Å². The number of halogens is 1. The Morgan fingerprint density at radius 1 is 1.00 bits per heavy atom. The van der Waals surface area contributed by atoms with Gasteiger partial charge in [0.15, 0.2) is 0 Å². The number of ether oxygens (including phenoxy) is 2. The summed E-state index contributed by atoms with van der Waals surface area (Å²) in [7, 11) is 0. The number of carbonyl (C=O) groups is 1. The number of amides is 1. The molecule has 0 saturated heterocycles. The number of nitrogens with one attached hydrogen (secondary N) is 1. The fourth-order valence-corrected chi connectivity index (χ4v) is 5.45. The monoisotopic (exact) mass is 512 g/mol. The first-order valence-electron chi connectivity index (χ1n) is 13.7. The van der Waals surface area contributed by atoms with E-state index in [1.807, 2.05) is 56.3 Å². The molecular formula is C32H33FN2O3. The predicted octanol–water partition coefficient (Wildman–Crippen LogP) is 8.59. The molecule has 1 heterocycles. The molecule has 196 valence electrons. The maximum Gasteiger partial charge on any atom is 0.411 e.